The molecule has 0 unspecified atom stereocenters. The summed E-state index contributed by atoms with van der Waals surface area (Å²) in [6.45, 7) is 3.54. The van der Waals surface area contributed by atoms with Gasteiger partial charge in [-0.1, -0.05) is 0 Å². The number of carbonyl (C=O) groups is 2. The predicted octanol–water partition coefficient (Wildman–Crippen LogP) is 3.54. The molecule has 2 aromatic rings. The molecule has 0 radical (unpaired) electrons. The Morgan fingerprint density at radius 3 is 2.45 bits per heavy atom. The van der Waals surface area contributed by atoms with Crippen molar-refractivity contribution in [2.75, 3.05) is 0 Å². The minimum atomic E-state index is -5.08. The number of hydrogen-bond acceptors (Lipinski definition) is 4. The third kappa shape index (κ3) is 6.84. The normalized spacial score (nSPS) is 15.8. The first-order valence-corrected chi connectivity index (χ1v) is 10.1. The molecule has 1 amide bonds. The maximum Gasteiger partial charge on any atom is 0.490 e. The summed E-state index contributed by atoms with van der Waals surface area (Å²) in [7, 11) is 0. The molecule has 1 aliphatic carbocycles. The Morgan fingerprint density at radius 1 is 1.30 bits per heavy atom. The molecule has 0 aliphatic heterocycles. The Hall–Kier alpha value is -2.80. The van der Waals surface area contributed by atoms with E-state index in [1.807, 2.05) is 4.57 Å². The number of aromatic nitrogens is 2. The number of alkyl halides is 3. The summed E-state index contributed by atoms with van der Waals surface area (Å²) in [4.78, 5) is 23.9. The van der Waals surface area contributed by atoms with Crippen LogP contribution in [0.5, 0.6) is 0 Å². The Kier molecular flexibility index (Phi) is 8.01. The number of H-pyrrole nitrogens is 1. The number of amides is 1. The van der Waals surface area contributed by atoms with Crippen LogP contribution < -0.4 is 11.1 Å². The second-order valence-corrected chi connectivity index (χ2v) is 8.47. The number of carbonyl (C=O) groups excluding carboxylic acids is 1. The van der Waals surface area contributed by atoms with Crippen LogP contribution in [0.3, 0.4) is 0 Å². The minimum Gasteiger partial charge on any atom is -0.475 e. The van der Waals surface area contributed by atoms with Crippen molar-refractivity contribution >= 4 is 24.1 Å². The van der Waals surface area contributed by atoms with E-state index in [0.717, 1.165) is 11.8 Å². The first-order chi connectivity index (χ1) is 15.1. The van der Waals surface area contributed by atoms with Crippen molar-refractivity contribution in [3.05, 3.63) is 51.6 Å². The number of hydrogen-bond donors (Lipinski definition) is 4. The number of carboxylic acids is 1. The molecule has 7 nitrogen and oxygen atoms in total. The number of nitrogens with one attached hydrogen (secondary N) is 2. The highest BCUT2D eigenvalue weighted by Gasteiger charge is 2.38. The number of nitrogens with zero attached hydrogens (tertiary/aromatic N) is 1. The topological polar surface area (TPSA) is 113 Å². The Bertz CT molecular complexity index is 1090. The van der Waals surface area contributed by atoms with Crippen molar-refractivity contribution in [1.29, 1.82) is 0 Å². The molecule has 13 heteroatoms. The third-order valence-electron chi connectivity index (χ3n) is 4.95. The summed E-state index contributed by atoms with van der Waals surface area (Å²) in [6, 6.07) is 2.29. The van der Waals surface area contributed by atoms with E-state index < -0.39 is 29.3 Å². The number of fused-ring (bicyclic) bond motifs is 1. The van der Waals surface area contributed by atoms with Gasteiger partial charge in [-0.05, 0) is 62.5 Å². The van der Waals surface area contributed by atoms with Gasteiger partial charge in [-0.3, -0.25) is 4.79 Å². The molecule has 1 heterocycles. The molecular weight excluding hydrogens is 471 g/mol. The molecule has 1 atom stereocenters. The van der Waals surface area contributed by atoms with E-state index in [9.17, 15) is 26.7 Å². The summed E-state index contributed by atoms with van der Waals surface area (Å²) >= 11 is 5.38. The molecule has 5 N–H and O–H groups in total. The van der Waals surface area contributed by atoms with Crippen LogP contribution in [-0.4, -0.2) is 38.2 Å². The van der Waals surface area contributed by atoms with Crippen LogP contribution in [0.4, 0.5) is 22.0 Å². The van der Waals surface area contributed by atoms with Crippen molar-refractivity contribution in [3.8, 4) is 0 Å². The van der Waals surface area contributed by atoms with Gasteiger partial charge >= 0.3 is 12.1 Å². The fourth-order valence-corrected chi connectivity index (χ4v) is 3.68. The largest absolute Gasteiger partial charge is 0.490 e. The summed E-state index contributed by atoms with van der Waals surface area (Å²) in [6.07, 6.45) is -1.65. The molecular formula is C20H23F5N4O3S. The standard InChI is InChI=1S/C18H22F2N4OS.C2HF3O2/c1-18(2,21)16(25)22-8-13-9-23-17(26)24(13)12-3-4-14-10(6-12)5-11(19)7-15(14)20;3-2(4,5)1(6)7/h5,7,9,12H,3-4,6,8,21H2,1-2H3,(H,22,25)(H,23,26);(H,6,7)/t12-;/m0./s1. The first kappa shape index (κ1) is 26.5. The Morgan fingerprint density at radius 2 is 1.91 bits per heavy atom. The number of rotatable bonds is 4. The molecule has 1 aromatic carbocycles. The molecule has 182 valence electrons. The molecule has 33 heavy (non-hydrogen) atoms. The smallest absolute Gasteiger partial charge is 0.475 e. The molecule has 0 bridgehead atoms. The summed E-state index contributed by atoms with van der Waals surface area (Å²) < 4.78 is 61.7. The summed E-state index contributed by atoms with van der Waals surface area (Å²) in [5.74, 6) is -4.09. The fraction of sp³-hybridized carbons (Fsp3) is 0.450. The molecule has 3 rings (SSSR count). The third-order valence-corrected chi connectivity index (χ3v) is 5.26. The quantitative estimate of drug-likeness (QED) is 0.384. The number of aliphatic carboxylic acids is 1. The summed E-state index contributed by atoms with van der Waals surface area (Å²) in [5.41, 5.74) is 6.86. The maximum absolute atomic E-state index is 13.9. The van der Waals surface area contributed by atoms with E-state index >= 15 is 0 Å². The van der Waals surface area contributed by atoms with E-state index in [0.29, 0.717) is 35.2 Å². The average molecular weight is 494 g/mol. The lowest BCUT2D eigenvalue weighted by atomic mass is 9.87. The number of imidazole rings is 1. The molecule has 0 saturated carbocycles. The summed E-state index contributed by atoms with van der Waals surface area (Å²) in [5, 5.41) is 9.92. The van der Waals surface area contributed by atoms with E-state index in [2.05, 4.69) is 10.3 Å². The zero-order valence-corrected chi connectivity index (χ0v) is 18.5. The number of carboxylic acid groups (broad SMARTS) is 1. The Labute approximate surface area is 190 Å². The number of benzene rings is 1. The second kappa shape index (κ2) is 10.00. The van der Waals surface area contributed by atoms with Gasteiger partial charge in [0.05, 0.1) is 17.8 Å². The SMILES string of the molecule is CC(C)(N)C(=O)NCc1c[nH]c(=S)n1[C@H]1CCc2c(F)cc(F)cc2C1.O=C(O)C(F)(F)F. The minimum absolute atomic E-state index is 0.0276. The zero-order chi connectivity index (χ0) is 25.1. The van der Waals surface area contributed by atoms with Crippen LogP contribution in [0.15, 0.2) is 18.3 Å². The van der Waals surface area contributed by atoms with Gasteiger partial charge in [0, 0.05) is 18.3 Å². The van der Waals surface area contributed by atoms with Crippen LogP contribution in [0, 0.1) is 16.4 Å². The fourth-order valence-electron chi connectivity index (χ4n) is 3.36. The van der Waals surface area contributed by atoms with Crippen molar-refractivity contribution in [1.82, 2.24) is 14.9 Å². The van der Waals surface area contributed by atoms with Crippen molar-refractivity contribution in [3.63, 3.8) is 0 Å². The number of halogens is 5. The van der Waals surface area contributed by atoms with Gasteiger partial charge < -0.3 is 25.7 Å². The second-order valence-electron chi connectivity index (χ2n) is 8.08. The highest BCUT2D eigenvalue weighted by Crippen LogP contribution is 2.32. The van der Waals surface area contributed by atoms with E-state index in [1.165, 1.54) is 6.07 Å². The maximum atomic E-state index is 13.9. The predicted molar refractivity (Wildman–Crippen MR) is 111 cm³/mol. The van der Waals surface area contributed by atoms with E-state index in [1.54, 1.807) is 20.0 Å². The Balaban J connectivity index is 0.000000479. The highest BCUT2D eigenvalue weighted by atomic mass is 32.1. The van der Waals surface area contributed by atoms with Gasteiger partial charge in [0.2, 0.25) is 5.91 Å². The van der Waals surface area contributed by atoms with Gasteiger partial charge in [-0.2, -0.15) is 13.2 Å². The lowest BCUT2D eigenvalue weighted by molar-refractivity contribution is -0.192. The van der Waals surface area contributed by atoms with Gasteiger partial charge in [0.25, 0.3) is 0 Å². The van der Waals surface area contributed by atoms with E-state index in [4.69, 9.17) is 27.9 Å². The lowest BCUT2D eigenvalue weighted by Crippen LogP contribution is -2.48. The van der Waals surface area contributed by atoms with Crippen molar-refractivity contribution in [2.24, 2.45) is 5.73 Å². The lowest BCUT2D eigenvalue weighted by Gasteiger charge is -2.28. The van der Waals surface area contributed by atoms with E-state index in [-0.39, 0.29) is 18.5 Å². The van der Waals surface area contributed by atoms with Crippen molar-refractivity contribution in [2.45, 2.75) is 57.4 Å². The monoisotopic (exact) mass is 494 g/mol. The van der Waals surface area contributed by atoms with Crippen LogP contribution in [0.1, 0.15) is 43.1 Å². The molecule has 0 fully saturated rings. The molecule has 1 aliphatic rings. The molecule has 0 saturated heterocycles. The van der Waals surface area contributed by atoms with Crippen LogP contribution >= 0.6 is 12.2 Å². The van der Waals surface area contributed by atoms with Gasteiger partial charge in [0.1, 0.15) is 11.6 Å². The molecule has 0 spiro atoms. The average Bonchev–Trinajstić information content (AvgIpc) is 3.04. The molecule has 1 aromatic heterocycles. The number of nitrogens with two attached hydrogens (primary N) is 1. The van der Waals surface area contributed by atoms with Crippen molar-refractivity contribution < 1.29 is 36.6 Å². The van der Waals surface area contributed by atoms with Crippen LogP contribution in [0.25, 0.3) is 0 Å². The first-order valence-electron chi connectivity index (χ1n) is 9.74. The van der Waals surface area contributed by atoms with Gasteiger partial charge in [-0.25, -0.2) is 13.6 Å². The highest BCUT2D eigenvalue weighted by molar-refractivity contribution is 7.71. The number of aromatic amines is 1. The van der Waals surface area contributed by atoms with Gasteiger partial charge in [0.15, 0.2) is 4.77 Å². The zero-order valence-electron chi connectivity index (χ0n) is 17.7. The van der Waals surface area contributed by atoms with Gasteiger partial charge in [-0.15, -0.1) is 0 Å². The van der Waals surface area contributed by atoms with Crippen LogP contribution in [0.2, 0.25) is 0 Å². The van der Waals surface area contributed by atoms with Crippen LogP contribution in [-0.2, 0) is 29.0 Å².